The van der Waals surface area contributed by atoms with E-state index in [1.165, 1.54) is 10.8 Å². The van der Waals surface area contributed by atoms with Gasteiger partial charge in [0.25, 0.3) is 5.56 Å². The molecule has 0 fully saturated rings. The lowest BCUT2D eigenvalue weighted by Crippen LogP contribution is -2.24. The van der Waals surface area contributed by atoms with Gasteiger partial charge in [-0.3, -0.25) is 4.79 Å². The number of nitrogens with zero attached hydrogens (tertiary/aromatic N) is 3. The standard InChI is InChI=1S/C13H10ClN3O2/c1-2-10-15-9-5-3-4-8(14)12(9)13(18)17(10)11-6-7-19-16-11/h3-7H,2H2,1H3. The van der Waals surface area contributed by atoms with E-state index in [2.05, 4.69) is 10.1 Å². The van der Waals surface area contributed by atoms with Crippen molar-refractivity contribution in [3.05, 3.63) is 51.7 Å². The van der Waals surface area contributed by atoms with Gasteiger partial charge >= 0.3 is 0 Å². The fourth-order valence-electron chi connectivity index (χ4n) is 2.03. The maximum Gasteiger partial charge on any atom is 0.268 e. The summed E-state index contributed by atoms with van der Waals surface area (Å²) in [5.41, 5.74) is 0.357. The zero-order valence-corrected chi connectivity index (χ0v) is 10.9. The fraction of sp³-hybridized carbons (Fsp3) is 0.154. The normalized spacial score (nSPS) is 11.1. The van der Waals surface area contributed by atoms with E-state index in [-0.39, 0.29) is 5.56 Å². The summed E-state index contributed by atoms with van der Waals surface area (Å²) in [6, 6.07) is 6.84. The Hall–Kier alpha value is -2.14. The van der Waals surface area contributed by atoms with E-state index in [9.17, 15) is 4.79 Å². The largest absolute Gasteiger partial charge is 0.363 e. The Labute approximate surface area is 113 Å². The van der Waals surface area contributed by atoms with Gasteiger partial charge in [-0.05, 0) is 12.1 Å². The molecular weight excluding hydrogens is 266 g/mol. The van der Waals surface area contributed by atoms with Crippen LogP contribution in [0.5, 0.6) is 0 Å². The van der Waals surface area contributed by atoms with Crippen LogP contribution in [0.4, 0.5) is 0 Å². The first-order chi connectivity index (χ1) is 9.22. The molecule has 19 heavy (non-hydrogen) atoms. The van der Waals surface area contributed by atoms with Gasteiger partial charge in [-0.1, -0.05) is 29.7 Å². The highest BCUT2D eigenvalue weighted by molar-refractivity contribution is 6.35. The third kappa shape index (κ3) is 1.82. The van der Waals surface area contributed by atoms with Crippen molar-refractivity contribution < 1.29 is 4.52 Å². The molecule has 0 saturated carbocycles. The smallest absolute Gasteiger partial charge is 0.268 e. The minimum Gasteiger partial charge on any atom is -0.363 e. The molecule has 0 aliphatic carbocycles. The Morgan fingerprint density at radius 2 is 2.21 bits per heavy atom. The van der Waals surface area contributed by atoms with E-state index in [4.69, 9.17) is 16.1 Å². The van der Waals surface area contributed by atoms with E-state index in [1.54, 1.807) is 24.3 Å². The highest BCUT2D eigenvalue weighted by atomic mass is 35.5. The molecule has 96 valence electrons. The van der Waals surface area contributed by atoms with E-state index in [0.717, 1.165) is 0 Å². The van der Waals surface area contributed by atoms with Gasteiger partial charge < -0.3 is 4.52 Å². The summed E-state index contributed by atoms with van der Waals surface area (Å²) in [5.74, 6) is 1.03. The number of hydrogen-bond donors (Lipinski definition) is 0. The predicted octanol–water partition coefficient (Wildman–Crippen LogP) is 2.59. The van der Waals surface area contributed by atoms with Gasteiger partial charge in [-0.25, -0.2) is 9.55 Å². The fourth-order valence-corrected chi connectivity index (χ4v) is 2.28. The van der Waals surface area contributed by atoms with Gasteiger partial charge in [0.05, 0.1) is 15.9 Å². The molecule has 3 rings (SSSR count). The second-order valence-corrected chi connectivity index (χ2v) is 4.42. The number of fused-ring (bicyclic) bond motifs is 1. The molecule has 2 aromatic heterocycles. The third-order valence-corrected chi connectivity index (χ3v) is 3.20. The highest BCUT2D eigenvalue weighted by Crippen LogP contribution is 2.20. The van der Waals surface area contributed by atoms with Crippen molar-refractivity contribution in [3.8, 4) is 5.82 Å². The second kappa shape index (κ2) is 4.51. The first-order valence-electron chi connectivity index (χ1n) is 5.83. The van der Waals surface area contributed by atoms with Crippen LogP contribution in [0, 0.1) is 0 Å². The van der Waals surface area contributed by atoms with Gasteiger partial charge in [0.2, 0.25) is 0 Å². The van der Waals surface area contributed by atoms with Crippen LogP contribution in [0.2, 0.25) is 5.02 Å². The predicted molar refractivity (Wildman–Crippen MR) is 71.8 cm³/mol. The molecule has 0 atom stereocenters. The van der Waals surface area contributed by atoms with Crippen LogP contribution in [0.3, 0.4) is 0 Å². The summed E-state index contributed by atoms with van der Waals surface area (Å²) < 4.78 is 6.22. The molecule has 0 spiro atoms. The van der Waals surface area contributed by atoms with E-state index in [0.29, 0.717) is 34.0 Å². The monoisotopic (exact) mass is 275 g/mol. The van der Waals surface area contributed by atoms with Gasteiger partial charge in [-0.2, -0.15) is 0 Å². The molecule has 0 aliphatic rings. The minimum absolute atomic E-state index is 0.235. The zero-order chi connectivity index (χ0) is 13.4. The molecule has 0 radical (unpaired) electrons. The van der Waals surface area contributed by atoms with Crippen LogP contribution in [0.25, 0.3) is 16.7 Å². The average Bonchev–Trinajstić information content (AvgIpc) is 2.91. The van der Waals surface area contributed by atoms with Crippen molar-refractivity contribution in [1.29, 1.82) is 0 Å². The summed E-state index contributed by atoms with van der Waals surface area (Å²) in [7, 11) is 0. The minimum atomic E-state index is -0.235. The summed E-state index contributed by atoms with van der Waals surface area (Å²) >= 11 is 6.09. The number of rotatable bonds is 2. The molecule has 0 amide bonds. The molecule has 0 N–H and O–H groups in total. The number of aryl methyl sites for hydroxylation is 1. The summed E-state index contributed by atoms with van der Waals surface area (Å²) in [6.45, 7) is 1.93. The Morgan fingerprint density at radius 1 is 1.37 bits per heavy atom. The van der Waals surface area contributed by atoms with Crippen LogP contribution in [0.15, 0.2) is 39.8 Å². The molecule has 0 bridgehead atoms. The maximum atomic E-state index is 12.6. The first kappa shape index (κ1) is 11.9. The Kier molecular flexibility index (Phi) is 2.83. The molecular formula is C13H10ClN3O2. The summed E-state index contributed by atoms with van der Waals surface area (Å²) in [5, 5.41) is 4.57. The van der Waals surface area contributed by atoms with Crippen molar-refractivity contribution in [1.82, 2.24) is 14.7 Å². The summed E-state index contributed by atoms with van der Waals surface area (Å²) in [4.78, 5) is 17.1. The lowest BCUT2D eigenvalue weighted by atomic mass is 10.2. The van der Waals surface area contributed by atoms with E-state index < -0.39 is 0 Å². The van der Waals surface area contributed by atoms with Crippen LogP contribution in [0.1, 0.15) is 12.7 Å². The first-order valence-corrected chi connectivity index (χ1v) is 6.21. The average molecular weight is 276 g/mol. The van der Waals surface area contributed by atoms with Gasteiger partial charge in [0.15, 0.2) is 5.82 Å². The number of hydrogen-bond acceptors (Lipinski definition) is 4. The van der Waals surface area contributed by atoms with Crippen LogP contribution >= 0.6 is 11.6 Å². The Morgan fingerprint density at radius 3 is 2.89 bits per heavy atom. The number of halogens is 1. The molecule has 6 heteroatoms. The van der Waals surface area contributed by atoms with E-state index >= 15 is 0 Å². The molecule has 0 aliphatic heterocycles. The number of benzene rings is 1. The molecule has 0 saturated heterocycles. The molecule has 3 aromatic rings. The van der Waals surface area contributed by atoms with Crippen LogP contribution < -0.4 is 5.56 Å². The second-order valence-electron chi connectivity index (χ2n) is 4.01. The Bertz CT molecular complexity index is 793. The van der Waals surface area contributed by atoms with Gasteiger partial charge in [0, 0.05) is 12.5 Å². The highest BCUT2D eigenvalue weighted by Gasteiger charge is 2.15. The third-order valence-electron chi connectivity index (χ3n) is 2.89. The van der Waals surface area contributed by atoms with Crippen molar-refractivity contribution >= 4 is 22.5 Å². The van der Waals surface area contributed by atoms with Gasteiger partial charge in [-0.15, -0.1) is 0 Å². The molecule has 2 heterocycles. The van der Waals surface area contributed by atoms with Crippen molar-refractivity contribution in [2.75, 3.05) is 0 Å². The van der Waals surface area contributed by atoms with Crippen LogP contribution in [-0.2, 0) is 6.42 Å². The molecule has 1 aromatic carbocycles. The lowest BCUT2D eigenvalue weighted by Gasteiger charge is -2.09. The maximum absolute atomic E-state index is 12.6. The lowest BCUT2D eigenvalue weighted by molar-refractivity contribution is 0.415. The van der Waals surface area contributed by atoms with Crippen molar-refractivity contribution in [2.24, 2.45) is 0 Å². The topological polar surface area (TPSA) is 60.9 Å². The van der Waals surface area contributed by atoms with Crippen molar-refractivity contribution in [2.45, 2.75) is 13.3 Å². The van der Waals surface area contributed by atoms with E-state index in [1.807, 2.05) is 6.92 Å². The number of aromatic nitrogens is 3. The SMILES string of the molecule is CCc1nc2cccc(Cl)c2c(=O)n1-c1ccon1. The van der Waals surface area contributed by atoms with Crippen molar-refractivity contribution in [3.63, 3.8) is 0 Å². The quantitative estimate of drug-likeness (QED) is 0.721. The zero-order valence-electron chi connectivity index (χ0n) is 10.1. The molecule has 0 unspecified atom stereocenters. The Balaban J connectivity index is 2.47. The summed E-state index contributed by atoms with van der Waals surface area (Å²) in [6.07, 6.45) is 2.02. The van der Waals surface area contributed by atoms with Gasteiger partial charge in [0.1, 0.15) is 12.1 Å². The molecule has 5 nitrogen and oxygen atoms in total. The van der Waals surface area contributed by atoms with Crippen LogP contribution in [-0.4, -0.2) is 14.7 Å².